The minimum atomic E-state index is 0.583. The van der Waals surface area contributed by atoms with E-state index < -0.39 is 0 Å². The lowest BCUT2D eigenvalue weighted by Crippen LogP contribution is -1.96. The highest BCUT2D eigenvalue weighted by molar-refractivity contribution is 6.23. The van der Waals surface area contributed by atoms with Gasteiger partial charge >= 0.3 is 0 Å². The van der Waals surface area contributed by atoms with Crippen LogP contribution in [0.5, 0.6) is 0 Å². The van der Waals surface area contributed by atoms with Gasteiger partial charge < -0.3 is 8.98 Å². The predicted octanol–water partition coefficient (Wildman–Crippen LogP) is 11.7. The zero-order chi connectivity index (χ0) is 31.5. The van der Waals surface area contributed by atoms with E-state index >= 15 is 0 Å². The molecule has 0 bridgehead atoms. The molecule has 0 fully saturated rings. The third-order valence-electron chi connectivity index (χ3n) is 9.31. The third-order valence-corrected chi connectivity index (χ3v) is 9.31. The number of rotatable bonds is 5. The lowest BCUT2D eigenvalue weighted by atomic mass is 9.94. The molecule has 0 spiro atoms. The van der Waals surface area contributed by atoms with Crippen LogP contribution >= 0.6 is 0 Å². The Labute approximate surface area is 272 Å². The maximum atomic E-state index is 6.50. The zero-order valence-electron chi connectivity index (χ0n) is 26.2. The first-order chi connectivity index (χ1) is 23.2. The predicted molar refractivity (Wildman–Crippen MR) is 196 cm³/mol. The molecule has 0 unspecified atom stereocenters. The van der Waals surface area contributed by atoms with E-state index in [1.807, 2.05) is 36.4 Å². The molecule has 0 aliphatic carbocycles. The molecule has 0 radical (unpaired) electrons. The van der Waals surface area contributed by atoms with Crippen LogP contribution in [0.15, 0.2) is 138 Å². The van der Waals surface area contributed by atoms with Crippen LogP contribution < -0.4 is 0 Å². The van der Waals surface area contributed by atoms with Crippen LogP contribution in [0.3, 0.4) is 0 Å². The number of hydrogen-bond donors (Lipinski definition) is 0. The van der Waals surface area contributed by atoms with Crippen LogP contribution in [-0.4, -0.2) is 14.5 Å². The highest BCUT2D eigenvalue weighted by atomic mass is 16.3. The number of aromatic nitrogens is 3. The second kappa shape index (κ2) is 10.8. The molecule has 0 N–H and O–H groups in total. The zero-order valence-corrected chi connectivity index (χ0v) is 26.2. The molecule has 47 heavy (non-hydrogen) atoms. The highest BCUT2D eigenvalue weighted by Gasteiger charge is 2.22. The highest BCUT2D eigenvalue weighted by Crippen LogP contribution is 2.43. The van der Waals surface area contributed by atoms with Gasteiger partial charge in [-0.05, 0) is 54.1 Å². The van der Waals surface area contributed by atoms with Crippen molar-refractivity contribution in [3.05, 3.63) is 145 Å². The maximum absolute atomic E-state index is 6.50. The molecule has 6 aromatic carbocycles. The average molecular weight is 606 g/mol. The van der Waals surface area contributed by atoms with Crippen LogP contribution in [0.1, 0.15) is 24.5 Å². The number of nitrogens with zero attached hydrogens (tertiary/aromatic N) is 3. The quantitative estimate of drug-likeness (QED) is 0.196. The SMILES string of the molecule is CC/C=C\c1c(C)c2ccccc2c2c1c1ccccc1n2-c1ccc2oc3nc(-c4ccccc4)nc(-c4ccccc4)c3c2c1. The van der Waals surface area contributed by atoms with Crippen molar-refractivity contribution in [2.75, 3.05) is 0 Å². The summed E-state index contributed by atoms with van der Waals surface area (Å²) in [4.78, 5) is 10.1. The topological polar surface area (TPSA) is 43.9 Å². The molecule has 0 saturated heterocycles. The van der Waals surface area contributed by atoms with Gasteiger partial charge in [0, 0.05) is 38.4 Å². The van der Waals surface area contributed by atoms with Gasteiger partial charge in [-0.15, -0.1) is 0 Å². The Balaban J connectivity index is 1.40. The van der Waals surface area contributed by atoms with Gasteiger partial charge in [0.1, 0.15) is 5.58 Å². The fraction of sp³-hybridized carbons (Fsp3) is 0.0698. The number of benzene rings is 6. The Hall–Kier alpha value is -6.00. The second-order valence-corrected chi connectivity index (χ2v) is 12.1. The molecule has 224 valence electrons. The Morgan fingerprint density at radius 2 is 1.34 bits per heavy atom. The van der Waals surface area contributed by atoms with Gasteiger partial charge in [0.25, 0.3) is 0 Å². The molecule has 9 aromatic rings. The van der Waals surface area contributed by atoms with E-state index in [-0.39, 0.29) is 0 Å². The molecule has 9 rings (SSSR count). The van der Waals surface area contributed by atoms with Crippen LogP contribution in [0.2, 0.25) is 0 Å². The van der Waals surface area contributed by atoms with Gasteiger partial charge in [0.05, 0.1) is 22.1 Å². The van der Waals surface area contributed by atoms with E-state index in [0.29, 0.717) is 11.5 Å². The molecule has 4 heteroatoms. The molecule has 3 heterocycles. The summed E-state index contributed by atoms with van der Waals surface area (Å²) in [6.45, 7) is 4.44. The molecule has 0 aliphatic rings. The number of para-hydroxylation sites is 1. The van der Waals surface area contributed by atoms with Crippen LogP contribution in [0.4, 0.5) is 0 Å². The second-order valence-electron chi connectivity index (χ2n) is 12.1. The normalized spacial score (nSPS) is 12.0. The lowest BCUT2D eigenvalue weighted by molar-refractivity contribution is 0.653. The van der Waals surface area contributed by atoms with Crippen molar-refractivity contribution in [1.29, 1.82) is 0 Å². The minimum absolute atomic E-state index is 0.583. The minimum Gasteiger partial charge on any atom is -0.438 e. The molecule has 0 atom stereocenters. The third kappa shape index (κ3) is 4.22. The Morgan fingerprint density at radius 1 is 0.660 bits per heavy atom. The van der Waals surface area contributed by atoms with E-state index in [0.717, 1.165) is 45.3 Å². The summed E-state index contributed by atoms with van der Waals surface area (Å²) in [5.74, 6) is 0.646. The number of hydrogen-bond acceptors (Lipinski definition) is 3. The number of aryl methyl sites for hydroxylation is 1. The standard InChI is InChI=1S/C43H31N3O/c1-3-4-19-32-27(2)31-20-11-12-21-33(31)41-38(32)34-22-13-14-23-36(34)46(41)30-24-25-37-35(26-30)39-40(28-15-7-5-8-16-28)44-42(45-43(39)47-37)29-17-9-6-10-18-29/h4-26H,3H2,1-2H3/b19-4-. The number of fused-ring (bicyclic) bond motifs is 8. The summed E-state index contributed by atoms with van der Waals surface area (Å²) in [6, 6.07) is 44.5. The van der Waals surface area contributed by atoms with Crippen molar-refractivity contribution in [2.45, 2.75) is 20.3 Å². The van der Waals surface area contributed by atoms with Gasteiger partial charge in [0.15, 0.2) is 5.82 Å². The summed E-state index contributed by atoms with van der Waals surface area (Å²) in [7, 11) is 0. The van der Waals surface area contributed by atoms with Crippen molar-refractivity contribution in [3.8, 4) is 28.3 Å². The van der Waals surface area contributed by atoms with Crippen LogP contribution in [0, 0.1) is 6.92 Å². The van der Waals surface area contributed by atoms with Crippen molar-refractivity contribution < 1.29 is 4.42 Å². The van der Waals surface area contributed by atoms with E-state index in [1.165, 1.54) is 43.7 Å². The molecular formula is C43H31N3O. The van der Waals surface area contributed by atoms with Gasteiger partial charge in [-0.25, -0.2) is 4.98 Å². The number of furan rings is 1. The Morgan fingerprint density at radius 3 is 2.11 bits per heavy atom. The first kappa shape index (κ1) is 27.3. The van der Waals surface area contributed by atoms with Crippen molar-refractivity contribution in [1.82, 2.24) is 14.5 Å². The van der Waals surface area contributed by atoms with Crippen molar-refractivity contribution in [3.63, 3.8) is 0 Å². The summed E-state index contributed by atoms with van der Waals surface area (Å²) < 4.78 is 8.93. The smallest absolute Gasteiger partial charge is 0.231 e. The molecule has 0 saturated carbocycles. The lowest BCUT2D eigenvalue weighted by Gasteiger charge is -2.14. The average Bonchev–Trinajstić information content (AvgIpc) is 3.68. The first-order valence-corrected chi connectivity index (χ1v) is 16.2. The largest absolute Gasteiger partial charge is 0.438 e. The van der Waals surface area contributed by atoms with Crippen molar-refractivity contribution in [2.24, 2.45) is 0 Å². The summed E-state index contributed by atoms with van der Waals surface area (Å²) in [5.41, 5.74) is 10.2. The molecule has 0 amide bonds. The Kier molecular flexibility index (Phi) is 6.29. The van der Waals surface area contributed by atoms with Crippen LogP contribution in [-0.2, 0) is 0 Å². The molecular weight excluding hydrogens is 574 g/mol. The van der Waals surface area contributed by atoms with Gasteiger partial charge in [-0.1, -0.05) is 122 Å². The van der Waals surface area contributed by atoms with Crippen molar-refractivity contribution >= 4 is 60.7 Å². The van der Waals surface area contributed by atoms with E-state index in [9.17, 15) is 0 Å². The molecule has 4 nitrogen and oxygen atoms in total. The first-order valence-electron chi connectivity index (χ1n) is 16.2. The number of allylic oxidation sites excluding steroid dienone is 1. The molecule has 0 aliphatic heterocycles. The van der Waals surface area contributed by atoms with Gasteiger partial charge in [-0.3, -0.25) is 0 Å². The van der Waals surface area contributed by atoms with Gasteiger partial charge in [0.2, 0.25) is 5.71 Å². The fourth-order valence-corrected chi connectivity index (χ4v) is 7.15. The van der Waals surface area contributed by atoms with Gasteiger partial charge in [-0.2, -0.15) is 4.98 Å². The fourth-order valence-electron chi connectivity index (χ4n) is 7.15. The van der Waals surface area contributed by atoms with Crippen LogP contribution in [0.25, 0.3) is 89.1 Å². The summed E-state index contributed by atoms with van der Waals surface area (Å²) >= 11 is 0. The van der Waals surface area contributed by atoms with E-state index in [1.54, 1.807) is 0 Å². The summed E-state index contributed by atoms with van der Waals surface area (Å²) in [5, 5.41) is 6.93. The monoisotopic (exact) mass is 605 g/mol. The van der Waals surface area contributed by atoms with E-state index in [2.05, 4.69) is 122 Å². The van der Waals surface area contributed by atoms with E-state index in [4.69, 9.17) is 14.4 Å². The molecule has 3 aromatic heterocycles. The summed E-state index contributed by atoms with van der Waals surface area (Å²) in [6.07, 6.45) is 5.55. The Bertz CT molecular complexity index is 2660. The maximum Gasteiger partial charge on any atom is 0.231 e.